The number of carbonyl (C=O) groups is 2. The van der Waals surface area contributed by atoms with Crippen LogP contribution in [0.4, 0.5) is 0 Å². The average molecular weight is 180 g/mol. The molecule has 0 saturated carbocycles. The quantitative estimate of drug-likeness (QED) is 0.404. The molecule has 2 amide bonds. The molecule has 0 unspecified atom stereocenters. The van der Waals surface area contributed by atoms with Gasteiger partial charge in [-0.1, -0.05) is 12.2 Å². The van der Waals surface area contributed by atoms with E-state index in [-0.39, 0.29) is 29.7 Å². The van der Waals surface area contributed by atoms with Crippen LogP contribution in [0.5, 0.6) is 0 Å². The van der Waals surface area contributed by atoms with E-state index in [0.717, 1.165) is 0 Å². The molecule has 4 heteroatoms. The van der Waals surface area contributed by atoms with Gasteiger partial charge in [0.05, 0.1) is 11.8 Å². The number of rotatable bonds is 0. The first-order valence-electron chi connectivity index (χ1n) is 4.36. The maximum Gasteiger partial charge on any atom is 0.234 e. The number of amides is 2. The topological polar surface area (TPSA) is 63.4 Å². The van der Waals surface area contributed by atoms with Gasteiger partial charge in [0.2, 0.25) is 11.8 Å². The van der Waals surface area contributed by atoms with Gasteiger partial charge < -0.3 is 5.73 Å². The summed E-state index contributed by atoms with van der Waals surface area (Å²) in [4.78, 5) is 24.3. The van der Waals surface area contributed by atoms with Crippen molar-refractivity contribution in [1.29, 1.82) is 0 Å². The highest BCUT2D eigenvalue weighted by atomic mass is 16.2. The highest BCUT2D eigenvalue weighted by Gasteiger charge is 2.48. The summed E-state index contributed by atoms with van der Waals surface area (Å²) < 4.78 is 0. The van der Waals surface area contributed by atoms with Crippen molar-refractivity contribution in [3.05, 3.63) is 12.2 Å². The molecular formula is C9H12N2O2. The molecule has 1 aliphatic heterocycles. The number of hydrogen-bond acceptors (Lipinski definition) is 3. The Balaban J connectivity index is 2.36. The van der Waals surface area contributed by atoms with Crippen molar-refractivity contribution >= 4 is 11.8 Å². The third kappa shape index (κ3) is 1.02. The lowest BCUT2D eigenvalue weighted by Gasteiger charge is -2.22. The molecule has 70 valence electrons. The van der Waals surface area contributed by atoms with Gasteiger partial charge in [0.25, 0.3) is 0 Å². The predicted molar refractivity (Wildman–Crippen MR) is 46.5 cm³/mol. The van der Waals surface area contributed by atoms with E-state index in [1.54, 1.807) is 0 Å². The van der Waals surface area contributed by atoms with Crippen molar-refractivity contribution < 1.29 is 9.59 Å². The van der Waals surface area contributed by atoms with Crippen molar-refractivity contribution in [2.24, 2.45) is 17.6 Å². The van der Waals surface area contributed by atoms with E-state index in [1.807, 2.05) is 12.2 Å². The first-order valence-corrected chi connectivity index (χ1v) is 4.36. The fourth-order valence-electron chi connectivity index (χ4n) is 2.09. The van der Waals surface area contributed by atoms with E-state index in [1.165, 1.54) is 11.9 Å². The third-order valence-corrected chi connectivity index (χ3v) is 2.86. The lowest BCUT2D eigenvalue weighted by atomic mass is 9.82. The van der Waals surface area contributed by atoms with E-state index >= 15 is 0 Å². The van der Waals surface area contributed by atoms with Crippen LogP contribution in [-0.2, 0) is 9.59 Å². The van der Waals surface area contributed by atoms with Gasteiger partial charge in [-0.2, -0.15) is 0 Å². The molecule has 1 saturated heterocycles. The van der Waals surface area contributed by atoms with E-state index in [4.69, 9.17) is 5.73 Å². The van der Waals surface area contributed by atoms with Gasteiger partial charge >= 0.3 is 0 Å². The number of imide groups is 1. The second-order valence-electron chi connectivity index (χ2n) is 3.61. The van der Waals surface area contributed by atoms with Crippen molar-refractivity contribution in [3.63, 3.8) is 0 Å². The van der Waals surface area contributed by atoms with Crippen LogP contribution >= 0.6 is 0 Å². The Morgan fingerprint density at radius 3 is 2.77 bits per heavy atom. The van der Waals surface area contributed by atoms with Gasteiger partial charge in [0.1, 0.15) is 0 Å². The molecule has 2 rings (SSSR count). The standard InChI is InChI=1S/C9H12N2O2/c1-11-8(12)5-3-2-4-6(10)7(5)9(11)13/h2,4-7H,3,10H2,1H3/t5-,6+,7-/m0/s1. The number of carbonyl (C=O) groups excluding carboxylic acids is 2. The molecule has 0 aromatic rings. The van der Waals surface area contributed by atoms with E-state index in [0.29, 0.717) is 6.42 Å². The summed E-state index contributed by atoms with van der Waals surface area (Å²) in [6.07, 6.45) is 4.34. The molecule has 2 N–H and O–H groups in total. The second kappa shape index (κ2) is 2.67. The summed E-state index contributed by atoms with van der Waals surface area (Å²) in [6.45, 7) is 0. The zero-order valence-electron chi connectivity index (χ0n) is 7.43. The molecular weight excluding hydrogens is 168 g/mol. The Morgan fingerprint density at radius 2 is 2.15 bits per heavy atom. The van der Waals surface area contributed by atoms with Gasteiger partial charge in [-0.3, -0.25) is 14.5 Å². The van der Waals surface area contributed by atoms with Gasteiger partial charge in [0.15, 0.2) is 0 Å². The Hall–Kier alpha value is -1.16. The van der Waals surface area contributed by atoms with Gasteiger partial charge in [-0.25, -0.2) is 0 Å². The number of nitrogens with two attached hydrogens (primary N) is 1. The lowest BCUT2D eigenvalue weighted by Crippen LogP contribution is -2.38. The molecule has 0 aromatic carbocycles. The van der Waals surface area contributed by atoms with Crippen molar-refractivity contribution in [2.45, 2.75) is 12.5 Å². The van der Waals surface area contributed by atoms with Crippen LogP contribution in [0, 0.1) is 11.8 Å². The largest absolute Gasteiger partial charge is 0.324 e. The highest BCUT2D eigenvalue weighted by molar-refractivity contribution is 6.05. The normalized spacial score (nSPS) is 38.3. The number of likely N-dealkylation sites (tertiary alicyclic amines) is 1. The summed E-state index contributed by atoms with van der Waals surface area (Å²) in [7, 11) is 1.52. The summed E-state index contributed by atoms with van der Waals surface area (Å²) in [5.41, 5.74) is 5.75. The summed E-state index contributed by atoms with van der Waals surface area (Å²) >= 11 is 0. The third-order valence-electron chi connectivity index (χ3n) is 2.86. The second-order valence-corrected chi connectivity index (χ2v) is 3.61. The number of fused-ring (bicyclic) bond motifs is 1. The molecule has 0 bridgehead atoms. The average Bonchev–Trinajstić information content (AvgIpc) is 2.33. The van der Waals surface area contributed by atoms with Crippen LogP contribution in [0.3, 0.4) is 0 Å². The highest BCUT2D eigenvalue weighted by Crippen LogP contribution is 2.33. The molecule has 0 radical (unpaired) electrons. The van der Waals surface area contributed by atoms with Crippen LogP contribution in [0.15, 0.2) is 12.2 Å². The van der Waals surface area contributed by atoms with E-state index < -0.39 is 0 Å². The lowest BCUT2D eigenvalue weighted by molar-refractivity contribution is -0.138. The Bertz CT molecular complexity index is 298. The SMILES string of the molecule is CN1C(=O)[C@@H]2[C@H](N)C=CC[C@@H]2C1=O. The molecule has 2 aliphatic rings. The zero-order chi connectivity index (χ0) is 9.59. The monoisotopic (exact) mass is 180 g/mol. The Kier molecular flexibility index (Phi) is 1.73. The van der Waals surface area contributed by atoms with Gasteiger partial charge in [-0.15, -0.1) is 0 Å². The molecule has 13 heavy (non-hydrogen) atoms. The van der Waals surface area contributed by atoms with Crippen LogP contribution < -0.4 is 5.73 Å². The minimum absolute atomic E-state index is 0.0881. The molecule has 3 atom stereocenters. The van der Waals surface area contributed by atoms with Crippen molar-refractivity contribution in [2.75, 3.05) is 7.05 Å². The smallest absolute Gasteiger partial charge is 0.234 e. The Labute approximate surface area is 76.4 Å². The molecule has 0 aromatic heterocycles. The van der Waals surface area contributed by atoms with E-state index in [9.17, 15) is 9.59 Å². The molecule has 0 spiro atoms. The maximum atomic E-state index is 11.6. The van der Waals surface area contributed by atoms with Crippen molar-refractivity contribution in [1.82, 2.24) is 4.90 Å². The van der Waals surface area contributed by atoms with Crippen LogP contribution in [0.1, 0.15) is 6.42 Å². The van der Waals surface area contributed by atoms with E-state index in [2.05, 4.69) is 0 Å². The number of nitrogens with zero attached hydrogens (tertiary/aromatic N) is 1. The first kappa shape index (κ1) is 8.44. The maximum absolute atomic E-state index is 11.6. The van der Waals surface area contributed by atoms with Gasteiger partial charge in [-0.05, 0) is 6.42 Å². The molecule has 4 nitrogen and oxygen atoms in total. The first-order chi connectivity index (χ1) is 6.13. The molecule has 1 fully saturated rings. The number of allylic oxidation sites excluding steroid dienone is 1. The summed E-state index contributed by atoms with van der Waals surface area (Å²) in [5, 5.41) is 0. The predicted octanol–water partition coefficient (Wildman–Crippen LogP) is -0.495. The zero-order valence-corrected chi connectivity index (χ0v) is 7.43. The van der Waals surface area contributed by atoms with Crippen LogP contribution in [0.2, 0.25) is 0 Å². The minimum atomic E-state index is -0.317. The Morgan fingerprint density at radius 1 is 1.46 bits per heavy atom. The van der Waals surface area contributed by atoms with Crippen LogP contribution in [0.25, 0.3) is 0 Å². The van der Waals surface area contributed by atoms with Crippen LogP contribution in [-0.4, -0.2) is 29.8 Å². The fraction of sp³-hybridized carbons (Fsp3) is 0.556. The summed E-state index contributed by atoms with van der Waals surface area (Å²) in [6, 6.07) is -0.292. The van der Waals surface area contributed by atoms with Crippen molar-refractivity contribution in [3.8, 4) is 0 Å². The summed E-state index contributed by atoms with van der Waals surface area (Å²) in [5.74, 6) is -0.748. The molecule has 1 aliphatic carbocycles. The fourth-order valence-corrected chi connectivity index (χ4v) is 2.09. The minimum Gasteiger partial charge on any atom is -0.324 e. The number of hydrogen-bond donors (Lipinski definition) is 1. The molecule has 1 heterocycles. The van der Waals surface area contributed by atoms with Gasteiger partial charge in [0, 0.05) is 13.1 Å².